The zero-order valence-electron chi connectivity index (χ0n) is 11.8. The number of nitrogens with one attached hydrogen (secondary N) is 2. The average Bonchev–Trinajstić information content (AvgIpc) is 2.43. The van der Waals surface area contributed by atoms with E-state index in [1.807, 2.05) is 24.3 Å². The number of halogens is 1. The van der Waals surface area contributed by atoms with Crippen LogP contribution in [0.1, 0.15) is 25.8 Å². The molecule has 0 unspecified atom stereocenters. The summed E-state index contributed by atoms with van der Waals surface area (Å²) in [5.74, 6) is 1.79. The molecular weight excluding hydrogens is 316 g/mol. The van der Waals surface area contributed by atoms with E-state index < -0.39 is 0 Å². The van der Waals surface area contributed by atoms with Crippen molar-refractivity contribution in [1.82, 2.24) is 9.97 Å². The first-order chi connectivity index (χ1) is 9.74. The van der Waals surface area contributed by atoms with E-state index in [4.69, 9.17) is 0 Å². The van der Waals surface area contributed by atoms with Gasteiger partial charge in [-0.3, -0.25) is 0 Å². The van der Waals surface area contributed by atoms with Crippen molar-refractivity contribution in [3.8, 4) is 0 Å². The lowest BCUT2D eigenvalue weighted by atomic mass is 10.1. The van der Waals surface area contributed by atoms with Gasteiger partial charge in [0.1, 0.15) is 18.0 Å². The molecule has 20 heavy (non-hydrogen) atoms. The zero-order chi connectivity index (χ0) is 14.4. The van der Waals surface area contributed by atoms with Crippen LogP contribution in [0.4, 0.5) is 17.3 Å². The molecule has 0 aliphatic heterocycles. The van der Waals surface area contributed by atoms with E-state index >= 15 is 0 Å². The average molecular weight is 335 g/mol. The van der Waals surface area contributed by atoms with Crippen molar-refractivity contribution in [3.63, 3.8) is 0 Å². The molecule has 5 heteroatoms. The molecule has 1 aromatic heterocycles. The Morgan fingerprint density at radius 1 is 1.15 bits per heavy atom. The van der Waals surface area contributed by atoms with Crippen molar-refractivity contribution >= 4 is 33.3 Å². The first kappa shape index (κ1) is 14.8. The number of benzene rings is 1. The largest absolute Gasteiger partial charge is 0.370 e. The molecule has 2 N–H and O–H groups in total. The Kier molecular flexibility index (Phi) is 5.35. The summed E-state index contributed by atoms with van der Waals surface area (Å²) in [6.45, 7) is 5.08. The molecule has 0 atom stereocenters. The summed E-state index contributed by atoms with van der Waals surface area (Å²) in [4.78, 5) is 8.72. The van der Waals surface area contributed by atoms with Crippen molar-refractivity contribution in [2.24, 2.45) is 0 Å². The van der Waals surface area contributed by atoms with Gasteiger partial charge in [0.15, 0.2) is 0 Å². The van der Waals surface area contributed by atoms with Crippen LogP contribution in [0.2, 0.25) is 0 Å². The van der Waals surface area contributed by atoms with Gasteiger partial charge >= 0.3 is 0 Å². The second kappa shape index (κ2) is 7.24. The standard InChI is InChI=1S/C15H19BrN4/c1-3-6-13-14(17-4-2)18-10-19-15(13)20-12-8-5-7-11(16)9-12/h5,7-10H,3-4,6H2,1-2H3,(H2,17,18,19,20). The van der Waals surface area contributed by atoms with E-state index in [0.717, 1.165) is 46.7 Å². The molecule has 0 amide bonds. The highest BCUT2D eigenvalue weighted by Gasteiger charge is 2.10. The van der Waals surface area contributed by atoms with E-state index in [1.165, 1.54) is 0 Å². The fraction of sp³-hybridized carbons (Fsp3) is 0.333. The highest BCUT2D eigenvalue weighted by atomic mass is 79.9. The lowest BCUT2D eigenvalue weighted by molar-refractivity contribution is 0.902. The third-order valence-electron chi connectivity index (χ3n) is 2.88. The molecule has 106 valence electrons. The molecule has 0 aliphatic carbocycles. The van der Waals surface area contributed by atoms with Crippen molar-refractivity contribution in [2.75, 3.05) is 17.2 Å². The highest BCUT2D eigenvalue weighted by molar-refractivity contribution is 9.10. The van der Waals surface area contributed by atoms with Gasteiger partial charge in [-0.25, -0.2) is 9.97 Å². The Morgan fingerprint density at radius 3 is 2.65 bits per heavy atom. The number of rotatable bonds is 6. The van der Waals surface area contributed by atoms with Crippen molar-refractivity contribution < 1.29 is 0 Å². The molecule has 0 saturated carbocycles. The maximum atomic E-state index is 4.39. The van der Waals surface area contributed by atoms with Gasteiger partial charge in [-0.2, -0.15) is 0 Å². The Hall–Kier alpha value is -1.62. The van der Waals surface area contributed by atoms with Crippen LogP contribution in [-0.4, -0.2) is 16.5 Å². The monoisotopic (exact) mass is 334 g/mol. The summed E-state index contributed by atoms with van der Waals surface area (Å²) < 4.78 is 1.04. The van der Waals surface area contributed by atoms with Crippen LogP contribution in [0.3, 0.4) is 0 Å². The summed E-state index contributed by atoms with van der Waals surface area (Å²) in [5.41, 5.74) is 2.15. The minimum atomic E-state index is 0.851. The fourth-order valence-electron chi connectivity index (χ4n) is 2.03. The first-order valence-corrected chi connectivity index (χ1v) is 7.64. The van der Waals surface area contributed by atoms with Crippen LogP contribution < -0.4 is 10.6 Å². The van der Waals surface area contributed by atoms with Gasteiger partial charge in [-0.1, -0.05) is 35.3 Å². The summed E-state index contributed by atoms with van der Waals surface area (Å²) in [6.07, 6.45) is 3.59. The normalized spacial score (nSPS) is 10.3. The Morgan fingerprint density at radius 2 is 1.95 bits per heavy atom. The lowest BCUT2D eigenvalue weighted by Gasteiger charge is -2.14. The van der Waals surface area contributed by atoms with Crippen LogP contribution in [-0.2, 0) is 6.42 Å². The van der Waals surface area contributed by atoms with E-state index in [2.05, 4.69) is 50.4 Å². The van der Waals surface area contributed by atoms with Crippen LogP contribution in [0.15, 0.2) is 35.1 Å². The third-order valence-corrected chi connectivity index (χ3v) is 3.37. The summed E-state index contributed by atoms with van der Waals surface area (Å²) in [6, 6.07) is 8.06. The van der Waals surface area contributed by atoms with Gasteiger partial charge in [0, 0.05) is 22.3 Å². The summed E-state index contributed by atoms with van der Waals surface area (Å²) in [7, 11) is 0. The minimum absolute atomic E-state index is 0.851. The summed E-state index contributed by atoms with van der Waals surface area (Å²) >= 11 is 3.48. The van der Waals surface area contributed by atoms with Gasteiger partial charge in [0.2, 0.25) is 0 Å². The molecular formula is C15H19BrN4. The molecule has 2 aromatic rings. The quantitative estimate of drug-likeness (QED) is 0.823. The van der Waals surface area contributed by atoms with Crippen LogP contribution in [0.25, 0.3) is 0 Å². The lowest BCUT2D eigenvalue weighted by Crippen LogP contribution is -2.08. The van der Waals surface area contributed by atoms with E-state index in [-0.39, 0.29) is 0 Å². The topological polar surface area (TPSA) is 49.8 Å². The molecule has 0 spiro atoms. The molecule has 0 bridgehead atoms. The molecule has 0 aliphatic rings. The van der Waals surface area contributed by atoms with E-state index in [1.54, 1.807) is 6.33 Å². The van der Waals surface area contributed by atoms with E-state index in [9.17, 15) is 0 Å². The molecule has 4 nitrogen and oxygen atoms in total. The molecule has 0 fully saturated rings. The molecule has 1 aromatic carbocycles. The fourth-order valence-corrected chi connectivity index (χ4v) is 2.43. The summed E-state index contributed by atoms with van der Waals surface area (Å²) in [5, 5.41) is 6.67. The number of aromatic nitrogens is 2. The van der Waals surface area contributed by atoms with Crippen molar-refractivity contribution in [1.29, 1.82) is 0 Å². The van der Waals surface area contributed by atoms with Crippen molar-refractivity contribution in [3.05, 3.63) is 40.6 Å². The third kappa shape index (κ3) is 3.70. The maximum Gasteiger partial charge on any atom is 0.139 e. The first-order valence-electron chi connectivity index (χ1n) is 6.85. The number of nitrogens with zero attached hydrogens (tertiary/aromatic N) is 2. The van der Waals surface area contributed by atoms with Gasteiger partial charge in [-0.15, -0.1) is 0 Å². The van der Waals surface area contributed by atoms with Crippen molar-refractivity contribution in [2.45, 2.75) is 26.7 Å². The van der Waals surface area contributed by atoms with Gasteiger partial charge < -0.3 is 10.6 Å². The maximum absolute atomic E-state index is 4.39. The number of anilines is 3. The Balaban J connectivity index is 2.32. The molecule has 0 saturated heterocycles. The SMILES string of the molecule is CCCc1c(NCC)ncnc1Nc1cccc(Br)c1. The smallest absolute Gasteiger partial charge is 0.139 e. The highest BCUT2D eigenvalue weighted by Crippen LogP contribution is 2.26. The predicted molar refractivity (Wildman–Crippen MR) is 87.6 cm³/mol. The van der Waals surface area contributed by atoms with Gasteiger partial charge in [0.05, 0.1) is 0 Å². The number of hydrogen-bond donors (Lipinski definition) is 2. The molecule has 1 heterocycles. The zero-order valence-corrected chi connectivity index (χ0v) is 13.4. The second-order valence-electron chi connectivity index (χ2n) is 4.47. The molecule has 2 rings (SSSR count). The van der Waals surface area contributed by atoms with Gasteiger partial charge in [0.25, 0.3) is 0 Å². The van der Waals surface area contributed by atoms with Crippen LogP contribution in [0.5, 0.6) is 0 Å². The molecule has 0 radical (unpaired) electrons. The Bertz CT molecular complexity index is 572. The minimum Gasteiger partial charge on any atom is -0.370 e. The van der Waals surface area contributed by atoms with E-state index in [0.29, 0.717) is 0 Å². The predicted octanol–water partition coefficient (Wildman–Crippen LogP) is 4.37. The second-order valence-corrected chi connectivity index (χ2v) is 5.38. The Labute approximate surface area is 128 Å². The number of hydrogen-bond acceptors (Lipinski definition) is 4. The van der Waals surface area contributed by atoms with Crippen LogP contribution in [0, 0.1) is 0 Å². The van der Waals surface area contributed by atoms with Crippen LogP contribution >= 0.6 is 15.9 Å². The van der Waals surface area contributed by atoms with Gasteiger partial charge in [-0.05, 0) is 31.5 Å².